The molecule has 1 rings (SSSR count). The predicted octanol–water partition coefficient (Wildman–Crippen LogP) is 1.63. The zero-order valence-electron chi connectivity index (χ0n) is 12.7. The normalized spacial score (nSPS) is 17.9. The van der Waals surface area contributed by atoms with Crippen LogP contribution < -0.4 is 10.6 Å². The number of carbonyl (C=O) groups excluding carboxylic acids is 1. The van der Waals surface area contributed by atoms with E-state index in [4.69, 9.17) is 5.11 Å². The highest BCUT2D eigenvalue weighted by atomic mass is 16.4. The minimum Gasteiger partial charge on any atom is -0.481 e. The first-order chi connectivity index (χ1) is 9.50. The van der Waals surface area contributed by atoms with Gasteiger partial charge >= 0.3 is 5.97 Å². The van der Waals surface area contributed by atoms with Gasteiger partial charge in [-0.3, -0.25) is 9.59 Å². The molecule has 1 unspecified atom stereocenters. The Bertz CT molecular complexity index is 312. The van der Waals surface area contributed by atoms with Crippen molar-refractivity contribution in [3.63, 3.8) is 0 Å². The number of piperidine rings is 1. The number of amides is 1. The van der Waals surface area contributed by atoms with Crippen LogP contribution in [0.15, 0.2) is 0 Å². The van der Waals surface area contributed by atoms with Gasteiger partial charge in [0.15, 0.2) is 0 Å². The second-order valence-corrected chi connectivity index (χ2v) is 6.04. The predicted molar refractivity (Wildman–Crippen MR) is 78.4 cm³/mol. The molecule has 0 spiro atoms. The fraction of sp³-hybridized carbons (Fsp3) is 0.867. The van der Waals surface area contributed by atoms with Gasteiger partial charge in [-0.2, -0.15) is 0 Å². The van der Waals surface area contributed by atoms with Crippen molar-refractivity contribution in [3.05, 3.63) is 0 Å². The monoisotopic (exact) mass is 284 g/mol. The summed E-state index contributed by atoms with van der Waals surface area (Å²) < 4.78 is 0. The highest BCUT2D eigenvalue weighted by Gasteiger charge is 2.21. The molecule has 1 aliphatic rings. The molecule has 3 N–H and O–H groups in total. The van der Waals surface area contributed by atoms with Crippen LogP contribution in [0.3, 0.4) is 0 Å². The van der Waals surface area contributed by atoms with Crippen LogP contribution in [0.2, 0.25) is 0 Å². The molecular weight excluding hydrogens is 256 g/mol. The van der Waals surface area contributed by atoms with Crippen LogP contribution in [0, 0.1) is 17.8 Å². The average molecular weight is 284 g/mol. The number of carbonyl (C=O) groups is 2. The van der Waals surface area contributed by atoms with Crippen LogP contribution in [0.25, 0.3) is 0 Å². The number of carboxylic acid groups (broad SMARTS) is 1. The Balaban J connectivity index is 2.25. The molecule has 1 heterocycles. The van der Waals surface area contributed by atoms with E-state index in [1.807, 2.05) is 0 Å². The minimum absolute atomic E-state index is 0.146. The molecule has 0 aromatic rings. The SMILES string of the molecule is CC(C)C(CCNC(=O)C1CCNCC1)CCC(=O)O. The fourth-order valence-corrected chi connectivity index (χ4v) is 2.73. The molecule has 0 aromatic heterocycles. The smallest absolute Gasteiger partial charge is 0.303 e. The van der Waals surface area contributed by atoms with E-state index in [1.54, 1.807) is 0 Å². The molecule has 1 fully saturated rings. The van der Waals surface area contributed by atoms with E-state index in [0.29, 0.717) is 24.8 Å². The summed E-state index contributed by atoms with van der Waals surface area (Å²) >= 11 is 0. The number of hydrogen-bond donors (Lipinski definition) is 3. The Morgan fingerprint density at radius 1 is 1.25 bits per heavy atom. The van der Waals surface area contributed by atoms with Crippen LogP contribution in [0.5, 0.6) is 0 Å². The maximum Gasteiger partial charge on any atom is 0.303 e. The van der Waals surface area contributed by atoms with Crippen LogP contribution in [-0.2, 0) is 9.59 Å². The quantitative estimate of drug-likeness (QED) is 0.633. The molecule has 0 saturated carbocycles. The van der Waals surface area contributed by atoms with Gasteiger partial charge in [0.1, 0.15) is 0 Å². The van der Waals surface area contributed by atoms with E-state index >= 15 is 0 Å². The highest BCUT2D eigenvalue weighted by Crippen LogP contribution is 2.20. The number of rotatable bonds is 8. The summed E-state index contributed by atoms with van der Waals surface area (Å²) in [6.45, 7) is 6.73. The van der Waals surface area contributed by atoms with Gasteiger partial charge in [0.05, 0.1) is 0 Å². The largest absolute Gasteiger partial charge is 0.481 e. The molecule has 1 aliphatic heterocycles. The second-order valence-electron chi connectivity index (χ2n) is 6.04. The standard InChI is InChI=1S/C15H28N2O3/c1-11(2)12(3-4-14(18)19)7-10-17-15(20)13-5-8-16-9-6-13/h11-13,16H,3-10H2,1-2H3,(H,17,20)(H,18,19). The summed E-state index contributed by atoms with van der Waals surface area (Å²) in [6, 6.07) is 0. The summed E-state index contributed by atoms with van der Waals surface area (Å²) in [4.78, 5) is 22.6. The van der Waals surface area contributed by atoms with Crippen molar-refractivity contribution in [3.8, 4) is 0 Å². The van der Waals surface area contributed by atoms with Gasteiger partial charge in [0.25, 0.3) is 0 Å². The molecule has 0 aromatic carbocycles. The van der Waals surface area contributed by atoms with E-state index in [9.17, 15) is 9.59 Å². The molecule has 0 radical (unpaired) electrons. The lowest BCUT2D eigenvalue weighted by Crippen LogP contribution is -2.38. The third-order valence-corrected chi connectivity index (χ3v) is 4.20. The minimum atomic E-state index is -0.741. The molecular formula is C15H28N2O3. The summed E-state index contributed by atoms with van der Waals surface area (Å²) in [5.41, 5.74) is 0. The van der Waals surface area contributed by atoms with Crippen LogP contribution >= 0.6 is 0 Å². The van der Waals surface area contributed by atoms with Gasteiger partial charge in [0, 0.05) is 18.9 Å². The van der Waals surface area contributed by atoms with Gasteiger partial charge in [-0.15, -0.1) is 0 Å². The van der Waals surface area contributed by atoms with Gasteiger partial charge in [-0.1, -0.05) is 13.8 Å². The van der Waals surface area contributed by atoms with Crippen molar-refractivity contribution in [2.24, 2.45) is 17.8 Å². The third-order valence-electron chi connectivity index (χ3n) is 4.20. The summed E-state index contributed by atoms with van der Waals surface area (Å²) in [6.07, 6.45) is 3.60. The Labute approximate surface area is 121 Å². The van der Waals surface area contributed by atoms with E-state index in [1.165, 1.54) is 0 Å². The number of aliphatic carboxylic acids is 1. The molecule has 1 amide bonds. The van der Waals surface area contributed by atoms with Crippen molar-refractivity contribution >= 4 is 11.9 Å². The first kappa shape index (κ1) is 17.0. The van der Waals surface area contributed by atoms with Gasteiger partial charge in [-0.05, 0) is 50.6 Å². The van der Waals surface area contributed by atoms with Crippen LogP contribution in [-0.4, -0.2) is 36.6 Å². The zero-order valence-corrected chi connectivity index (χ0v) is 12.7. The van der Waals surface area contributed by atoms with Crippen molar-refractivity contribution in [1.82, 2.24) is 10.6 Å². The van der Waals surface area contributed by atoms with Gasteiger partial charge < -0.3 is 15.7 Å². The number of hydrogen-bond acceptors (Lipinski definition) is 3. The maximum absolute atomic E-state index is 12.0. The Morgan fingerprint density at radius 2 is 1.90 bits per heavy atom. The lowest BCUT2D eigenvalue weighted by atomic mass is 9.88. The lowest BCUT2D eigenvalue weighted by Gasteiger charge is -2.23. The van der Waals surface area contributed by atoms with Crippen LogP contribution in [0.1, 0.15) is 46.0 Å². The Kier molecular flexibility index (Phi) is 7.59. The molecule has 1 atom stereocenters. The maximum atomic E-state index is 12.0. The van der Waals surface area contributed by atoms with Crippen molar-refractivity contribution < 1.29 is 14.7 Å². The first-order valence-corrected chi connectivity index (χ1v) is 7.71. The van der Waals surface area contributed by atoms with Crippen molar-refractivity contribution in [1.29, 1.82) is 0 Å². The number of nitrogens with one attached hydrogen (secondary N) is 2. The second kappa shape index (κ2) is 8.95. The fourth-order valence-electron chi connectivity index (χ4n) is 2.73. The van der Waals surface area contributed by atoms with Gasteiger partial charge in [0.2, 0.25) is 5.91 Å². The third kappa shape index (κ3) is 6.37. The van der Waals surface area contributed by atoms with Gasteiger partial charge in [-0.25, -0.2) is 0 Å². The average Bonchev–Trinajstić information content (AvgIpc) is 2.42. The van der Waals surface area contributed by atoms with E-state index in [-0.39, 0.29) is 18.2 Å². The topological polar surface area (TPSA) is 78.4 Å². The molecule has 20 heavy (non-hydrogen) atoms. The Hall–Kier alpha value is -1.10. The first-order valence-electron chi connectivity index (χ1n) is 7.71. The Morgan fingerprint density at radius 3 is 2.45 bits per heavy atom. The lowest BCUT2D eigenvalue weighted by molar-refractivity contribution is -0.137. The molecule has 0 bridgehead atoms. The highest BCUT2D eigenvalue weighted by molar-refractivity contribution is 5.78. The number of carboxylic acids is 1. The molecule has 1 saturated heterocycles. The van der Waals surface area contributed by atoms with Crippen molar-refractivity contribution in [2.75, 3.05) is 19.6 Å². The van der Waals surface area contributed by atoms with E-state index in [2.05, 4.69) is 24.5 Å². The van der Waals surface area contributed by atoms with E-state index < -0.39 is 5.97 Å². The summed E-state index contributed by atoms with van der Waals surface area (Å²) in [7, 11) is 0. The van der Waals surface area contributed by atoms with E-state index in [0.717, 1.165) is 32.4 Å². The molecule has 0 aliphatic carbocycles. The van der Waals surface area contributed by atoms with Crippen LogP contribution in [0.4, 0.5) is 0 Å². The molecule has 5 heteroatoms. The molecule has 5 nitrogen and oxygen atoms in total. The van der Waals surface area contributed by atoms with Crippen molar-refractivity contribution in [2.45, 2.75) is 46.0 Å². The summed E-state index contributed by atoms with van der Waals surface area (Å²) in [5, 5.41) is 15.0. The summed E-state index contributed by atoms with van der Waals surface area (Å²) in [5.74, 6) is 0.374. The molecule has 116 valence electrons. The zero-order chi connectivity index (χ0) is 15.0.